The molecule has 40 heavy (non-hydrogen) atoms. The standard InChI is InChI=1S/C24H17F9N4O3/c1-10(23(29,30)24(31,32)33)34-21(39)13-5-37(17-14(26)2-11(25)3-15(17)27)19-12(18(13)38)4-16(28)20(35-19)36-6-22(7-36)8-40-9-22/h2-5,10H,6-9H2,1H3,(H,34,39). The number of carbonyl (C=O) groups excluding carboxylic acids is 1. The van der Waals surface area contributed by atoms with Crippen molar-refractivity contribution in [3.63, 3.8) is 0 Å². The first-order valence-electron chi connectivity index (χ1n) is 11.5. The molecule has 0 aliphatic carbocycles. The molecule has 2 saturated heterocycles. The van der Waals surface area contributed by atoms with Gasteiger partial charge in [-0.2, -0.15) is 22.0 Å². The molecular weight excluding hydrogens is 563 g/mol. The quantitative estimate of drug-likeness (QED) is 0.461. The molecule has 1 atom stereocenters. The summed E-state index contributed by atoms with van der Waals surface area (Å²) in [5.74, 6) is -13.0. The summed E-state index contributed by atoms with van der Waals surface area (Å²) in [4.78, 5) is 31.3. The van der Waals surface area contributed by atoms with E-state index in [1.807, 2.05) is 0 Å². The van der Waals surface area contributed by atoms with E-state index >= 15 is 4.39 Å². The van der Waals surface area contributed by atoms with Crippen LogP contribution in [0.4, 0.5) is 45.3 Å². The van der Waals surface area contributed by atoms with Gasteiger partial charge in [-0.25, -0.2) is 22.5 Å². The Bertz CT molecular complexity index is 1570. The topological polar surface area (TPSA) is 76.5 Å². The number of amides is 1. The van der Waals surface area contributed by atoms with Crippen LogP contribution in [-0.4, -0.2) is 59.9 Å². The number of ether oxygens (including phenoxy) is 1. The van der Waals surface area contributed by atoms with Crippen molar-refractivity contribution >= 4 is 22.8 Å². The lowest BCUT2D eigenvalue weighted by Crippen LogP contribution is -2.66. The van der Waals surface area contributed by atoms with Gasteiger partial charge in [-0.15, -0.1) is 0 Å². The van der Waals surface area contributed by atoms with Gasteiger partial charge in [0.05, 0.1) is 30.1 Å². The van der Waals surface area contributed by atoms with E-state index in [9.17, 15) is 44.7 Å². The average Bonchev–Trinajstić information content (AvgIpc) is 2.77. The average molecular weight is 580 g/mol. The van der Waals surface area contributed by atoms with Crippen molar-refractivity contribution in [2.45, 2.75) is 25.1 Å². The molecule has 2 aromatic heterocycles. The van der Waals surface area contributed by atoms with Gasteiger partial charge in [0.15, 0.2) is 28.9 Å². The Morgan fingerprint density at radius 3 is 2.15 bits per heavy atom. The van der Waals surface area contributed by atoms with Gasteiger partial charge in [0.25, 0.3) is 5.91 Å². The van der Waals surface area contributed by atoms with Crippen LogP contribution in [0.2, 0.25) is 0 Å². The SMILES string of the molecule is CC(NC(=O)c1cn(-c2c(F)cc(F)cc2F)c2nc(N3CC4(COC4)C3)c(F)cc2c1=O)C(F)(F)C(F)(F)F. The number of aromatic nitrogens is 2. The van der Waals surface area contributed by atoms with Gasteiger partial charge in [0, 0.05) is 31.4 Å². The lowest BCUT2D eigenvalue weighted by Gasteiger charge is -2.55. The lowest BCUT2D eigenvalue weighted by molar-refractivity contribution is -0.290. The number of nitrogens with zero attached hydrogens (tertiary/aromatic N) is 3. The van der Waals surface area contributed by atoms with Crippen molar-refractivity contribution in [3.8, 4) is 5.69 Å². The summed E-state index contributed by atoms with van der Waals surface area (Å²) in [5.41, 5.74) is -4.44. The predicted octanol–water partition coefficient (Wildman–Crippen LogP) is 4.09. The zero-order valence-corrected chi connectivity index (χ0v) is 20.2. The number of anilines is 1. The van der Waals surface area contributed by atoms with Crippen LogP contribution < -0.4 is 15.6 Å². The van der Waals surface area contributed by atoms with Crippen molar-refractivity contribution < 1.29 is 49.0 Å². The van der Waals surface area contributed by atoms with Crippen LogP contribution in [0, 0.1) is 28.7 Å². The fourth-order valence-corrected chi connectivity index (χ4v) is 4.63. The Kier molecular flexibility index (Phi) is 6.31. The molecule has 7 nitrogen and oxygen atoms in total. The Balaban J connectivity index is 1.67. The summed E-state index contributed by atoms with van der Waals surface area (Å²) in [7, 11) is 0. The molecule has 2 aliphatic rings. The van der Waals surface area contributed by atoms with Gasteiger partial charge >= 0.3 is 12.1 Å². The number of fused-ring (bicyclic) bond motifs is 1. The highest BCUT2D eigenvalue weighted by Gasteiger charge is 2.61. The summed E-state index contributed by atoms with van der Waals surface area (Å²) >= 11 is 0. The van der Waals surface area contributed by atoms with E-state index in [2.05, 4.69) is 4.98 Å². The monoisotopic (exact) mass is 580 g/mol. The van der Waals surface area contributed by atoms with Crippen molar-refractivity contribution in [2.24, 2.45) is 5.41 Å². The zero-order chi connectivity index (χ0) is 29.4. The van der Waals surface area contributed by atoms with Crippen LogP contribution in [0.3, 0.4) is 0 Å². The van der Waals surface area contributed by atoms with E-state index < -0.39 is 75.0 Å². The number of hydrogen-bond acceptors (Lipinski definition) is 5. The summed E-state index contributed by atoms with van der Waals surface area (Å²) in [5, 5.41) is 0.591. The summed E-state index contributed by atoms with van der Waals surface area (Å²) in [6, 6.07) is -1.76. The summed E-state index contributed by atoms with van der Waals surface area (Å²) in [6.07, 6.45) is -5.61. The third-order valence-electron chi connectivity index (χ3n) is 6.82. The second-order valence-corrected chi connectivity index (χ2v) is 9.79. The normalized spacial score (nSPS) is 17.5. The van der Waals surface area contributed by atoms with E-state index in [-0.39, 0.29) is 23.4 Å². The summed E-state index contributed by atoms with van der Waals surface area (Å²) in [6.45, 7) is 1.76. The first-order chi connectivity index (χ1) is 18.5. The maximum Gasteiger partial charge on any atom is 0.455 e. The molecule has 1 unspecified atom stereocenters. The van der Waals surface area contributed by atoms with Crippen LogP contribution in [0.1, 0.15) is 17.3 Å². The summed E-state index contributed by atoms with van der Waals surface area (Å²) < 4.78 is 130. The molecule has 3 aromatic rings. The molecule has 5 rings (SSSR count). The van der Waals surface area contributed by atoms with Gasteiger partial charge < -0.3 is 15.0 Å². The third kappa shape index (κ3) is 4.33. The van der Waals surface area contributed by atoms with E-state index in [1.54, 1.807) is 0 Å². The molecule has 0 bridgehead atoms. The van der Waals surface area contributed by atoms with Gasteiger partial charge in [0.2, 0.25) is 5.43 Å². The zero-order valence-electron chi connectivity index (χ0n) is 20.2. The van der Waals surface area contributed by atoms with E-state index in [0.29, 0.717) is 50.1 Å². The fourth-order valence-electron chi connectivity index (χ4n) is 4.63. The van der Waals surface area contributed by atoms with Crippen LogP contribution in [0.15, 0.2) is 29.2 Å². The van der Waals surface area contributed by atoms with E-state index in [1.165, 1.54) is 10.2 Å². The number of alkyl halides is 5. The minimum Gasteiger partial charge on any atom is -0.380 e. The van der Waals surface area contributed by atoms with Crippen LogP contribution in [0.25, 0.3) is 16.7 Å². The minimum atomic E-state index is -6.06. The minimum absolute atomic E-state index is 0.227. The third-order valence-corrected chi connectivity index (χ3v) is 6.82. The molecular formula is C24H17F9N4O3. The Morgan fingerprint density at radius 1 is 1.02 bits per heavy atom. The molecule has 2 fully saturated rings. The smallest absolute Gasteiger partial charge is 0.380 e. The van der Waals surface area contributed by atoms with Gasteiger partial charge in [-0.05, 0) is 13.0 Å². The molecule has 1 N–H and O–H groups in total. The molecule has 214 valence electrons. The molecule has 4 heterocycles. The van der Waals surface area contributed by atoms with Crippen LogP contribution >= 0.6 is 0 Å². The fraction of sp³-hybridized carbons (Fsp3) is 0.375. The van der Waals surface area contributed by atoms with E-state index in [4.69, 9.17) is 4.74 Å². The number of halogens is 9. The molecule has 1 amide bonds. The molecule has 1 aromatic carbocycles. The van der Waals surface area contributed by atoms with Gasteiger partial charge in [-0.1, -0.05) is 0 Å². The van der Waals surface area contributed by atoms with Gasteiger partial charge in [-0.3, -0.25) is 14.2 Å². The van der Waals surface area contributed by atoms with Crippen molar-refractivity contribution in [1.82, 2.24) is 14.9 Å². The first kappa shape index (κ1) is 27.7. The van der Waals surface area contributed by atoms with E-state index in [0.717, 1.165) is 0 Å². The lowest BCUT2D eigenvalue weighted by atomic mass is 9.78. The van der Waals surface area contributed by atoms with Crippen LogP contribution in [0.5, 0.6) is 0 Å². The molecule has 2 aliphatic heterocycles. The number of hydrogen-bond donors (Lipinski definition) is 1. The second kappa shape index (κ2) is 9.11. The highest BCUT2D eigenvalue weighted by Crippen LogP contribution is 2.41. The number of nitrogens with one attached hydrogen (secondary N) is 1. The Labute approximate surface area is 218 Å². The highest BCUT2D eigenvalue weighted by atomic mass is 19.4. The maximum absolute atomic E-state index is 15.1. The van der Waals surface area contributed by atoms with Crippen LogP contribution in [-0.2, 0) is 4.74 Å². The Hall–Kier alpha value is -3.82. The predicted molar refractivity (Wildman–Crippen MR) is 121 cm³/mol. The molecule has 0 radical (unpaired) electrons. The molecule has 16 heteroatoms. The van der Waals surface area contributed by atoms with Crippen molar-refractivity contribution in [3.05, 3.63) is 63.5 Å². The number of benzene rings is 1. The number of pyridine rings is 2. The second-order valence-electron chi connectivity index (χ2n) is 9.79. The van der Waals surface area contributed by atoms with Crippen molar-refractivity contribution in [1.29, 1.82) is 0 Å². The number of carbonyl (C=O) groups is 1. The van der Waals surface area contributed by atoms with Crippen molar-refractivity contribution in [2.75, 3.05) is 31.2 Å². The number of rotatable bonds is 5. The Morgan fingerprint density at radius 2 is 1.62 bits per heavy atom. The molecule has 1 spiro atoms. The maximum atomic E-state index is 15.1. The largest absolute Gasteiger partial charge is 0.455 e. The first-order valence-corrected chi connectivity index (χ1v) is 11.5. The molecule has 0 saturated carbocycles. The van der Waals surface area contributed by atoms with Gasteiger partial charge in [0.1, 0.15) is 17.1 Å². The highest BCUT2D eigenvalue weighted by molar-refractivity contribution is 5.97.